The first-order chi connectivity index (χ1) is 11.7. The molecule has 2 rings (SSSR count). The standard InChI is InChI=1S/C19H18N2O3/c1-23-16-9-5-14(6-10-16)18(4-3-13-20)19(21-22)15-7-11-17(24-2)12-8-15/h4-12,22H,3H2,1-2H3. The fourth-order valence-electron chi connectivity index (χ4n) is 2.29. The summed E-state index contributed by atoms with van der Waals surface area (Å²) < 4.78 is 10.3. The lowest BCUT2D eigenvalue weighted by atomic mass is 9.95. The van der Waals surface area contributed by atoms with Gasteiger partial charge in [0.15, 0.2) is 0 Å². The molecule has 0 spiro atoms. The van der Waals surface area contributed by atoms with Crippen LogP contribution < -0.4 is 9.47 Å². The zero-order valence-corrected chi connectivity index (χ0v) is 13.6. The Morgan fingerprint density at radius 1 is 1.00 bits per heavy atom. The van der Waals surface area contributed by atoms with Gasteiger partial charge < -0.3 is 14.7 Å². The first kappa shape index (κ1) is 17.1. The minimum atomic E-state index is 0.205. The molecule has 0 fully saturated rings. The Labute approximate surface area is 141 Å². The third kappa shape index (κ3) is 3.93. The summed E-state index contributed by atoms with van der Waals surface area (Å²) in [5.74, 6) is 1.44. The molecule has 0 radical (unpaired) electrons. The lowest BCUT2D eigenvalue weighted by Gasteiger charge is -2.11. The molecule has 5 heteroatoms. The molecule has 1 N–H and O–H groups in total. The zero-order valence-electron chi connectivity index (χ0n) is 13.6. The highest BCUT2D eigenvalue weighted by molar-refractivity contribution is 6.31. The van der Waals surface area contributed by atoms with E-state index in [1.807, 2.05) is 24.3 Å². The predicted molar refractivity (Wildman–Crippen MR) is 92.5 cm³/mol. The molecule has 0 saturated carbocycles. The van der Waals surface area contributed by atoms with Crippen molar-refractivity contribution in [3.63, 3.8) is 0 Å². The van der Waals surface area contributed by atoms with Gasteiger partial charge >= 0.3 is 0 Å². The monoisotopic (exact) mass is 322 g/mol. The second kappa shape index (κ2) is 8.39. The summed E-state index contributed by atoms with van der Waals surface area (Å²) in [5.41, 5.74) is 2.61. The van der Waals surface area contributed by atoms with Crippen LogP contribution in [0, 0.1) is 11.3 Å². The molecule has 2 aromatic rings. The number of oxime groups is 1. The summed E-state index contributed by atoms with van der Waals surface area (Å²) >= 11 is 0. The highest BCUT2D eigenvalue weighted by Gasteiger charge is 2.13. The Morgan fingerprint density at radius 2 is 1.50 bits per heavy atom. The summed E-state index contributed by atoms with van der Waals surface area (Å²) in [6.07, 6.45) is 1.94. The summed E-state index contributed by atoms with van der Waals surface area (Å²) in [4.78, 5) is 0. The van der Waals surface area contributed by atoms with Crippen LogP contribution >= 0.6 is 0 Å². The van der Waals surface area contributed by atoms with Gasteiger partial charge in [-0.15, -0.1) is 0 Å². The van der Waals surface area contributed by atoms with E-state index in [9.17, 15) is 5.21 Å². The second-order valence-electron chi connectivity index (χ2n) is 4.89. The topological polar surface area (TPSA) is 74.8 Å². The SMILES string of the molecule is COc1ccc(C(=CCC#N)C(=NO)c2ccc(OC)cc2)cc1. The van der Waals surface area contributed by atoms with E-state index in [2.05, 4.69) is 11.2 Å². The van der Waals surface area contributed by atoms with Crippen molar-refractivity contribution in [3.8, 4) is 17.6 Å². The summed E-state index contributed by atoms with van der Waals surface area (Å²) in [6.45, 7) is 0. The fraction of sp³-hybridized carbons (Fsp3) is 0.158. The van der Waals surface area contributed by atoms with Crippen molar-refractivity contribution in [2.24, 2.45) is 5.16 Å². The first-order valence-electron chi connectivity index (χ1n) is 7.32. The van der Waals surface area contributed by atoms with E-state index in [0.29, 0.717) is 17.0 Å². The van der Waals surface area contributed by atoms with E-state index in [1.54, 1.807) is 44.6 Å². The van der Waals surface area contributed by atoms with Crippen LogP contribution in [0.3, 0.4) is 0 Å². The normalized spacial score (nSPS) is 11.7. The minimum Gasteiger partial charge on any atom is -0.497 e. The lowest BCUT2D eigenvalue weighted by molar-refractivity contribution is 0.320. The maximum Gasteiger partial charge on any atom is 0.118 e. The number of benzene rings is 2. The Kier molecular flexibility index (Phi) is 5.98. The van der Waals surface area contributed by atoms with Gasteiger partial charge in [-0.3, -0.25) is 0 Å². The maximum absolute atomic E-state index is 9.55. The molecule has 0 aliphatic carbocycles. The number of nitriles is 1. The van der Waals surface area contributed by atoms with Crippen molar-refractivity contribution in [2.45, 2.75) is 6.42 Å². The number of methoxy groups -OCH3 is 2. The van der Waals surface area contributed by atoms with Crippen LogP contribution in [0.5, 0.6) is 11.5 Å². The van der Waals surface area contributed by atoms with Crippen molar-refractivity contribution < 1.29 is 14.7 Å². The minimum absolute atomic E-state index is 0.205. The maximum atomic E-state index is 9.55. The van der Waals surface area contributed by atoms with Crippen molar-refractivity contribution >= 4 is 11.3 Å². The van der Waals surface area contributed by atoms with Gasteiger partial charge in [-0.05, 0) is 42.0 Å². The smallest absolute Gasteiger partial charge is 0.118 e. The third-order valence-electron chi connectivity index (χ3n) is 3.52. The lowest BCUT2D eigenvalue weighted by Crippen LogP contribution is -2.05. The van der Waals surface area contributed by atoms with Crippen LogP contribution in [-0.2, 0) is 0 Å². The molecule has 0 amide bonds. The van der Waals surface area contributed by atoms with E-state index >= 15 is 0 Å². The predicted octanol–water partition coefficient (Wildman–Crippen LogP) is 3.88. The molecule has 5 nitrogen and oxygen atoms in total. The highest BCUT2D eigenvalue weighted by atomic mass is 16.5. The van der Waals surface area contributed by atoms with Gasteiger partial charge in [0, 0.05) is 11.1 Å². The highest BCUT2D eigenvalue weighted by Crippen LogP contribution is 2.25. The van der Waals surface area contributed by atoms with Crippen molar-refractivity contribution in [3.05, 3.63) is 65.7 Å². The molecule has 0 unspecified atom stereocenters. The van der Waals surface area contributed by atoms with Crippen molar-refractivity contribution in [1.82, 2.24) is 0 Å². The molecular formula is C19H18N2O3. The Morgan fingerprint density at radius 3 is 1.92 bits per heavy atom. The quantitative estimate of drug-likeness (QED) is 0.497. The summed E-state index contributed by atoms with van der Waals surface area (Å²) in [7, 11) is 3.19. The Bertz CT molecular complexity index is 770. The van der Waals surface area contributed by atoms with Crippen LogP contribution in [0.25, 0.3) is 5.57 Å². The molecule has 122 valence electrons. The van der Waals surface area contributed by atoms with Gasteiger partial charge in [-0.25, -0.2) is 0 Å². The molecule has 0 aliphatic heterocycles. The fourth-order valence-corrected chi connectivity index (χ4v) is 2.29. The van der Waals surface area contributed by atoms with Crippen LogP contribution in [0.1, 0.15) is 17.5 Å². The molecule has 24 heavy (non-hydrogen) atoms. The second-order valence-corrected chi connectivity index (χ2v) is 4.89. The number of rotatable bonds is 6. The van der Waals surface area contributed by atoms with E-state index in [-0.39, 0.29) is 6.42 Å². The number of hydrogen-bond donors (Lipinski definition) is 1. The van der Waals surface area contributed by atoms with E-state index in [1.165, 1.54) is 0 Å². The molecular weight excluding hydrogens is 304 g/mol. The molecule has 0 bridgehead atoms. The average molecular weight is 322 g/mol. The molecule has 0 saturated heterocycles. The van der Waals surface area contributed by atoms with Crippen LogP contribution in [0.2, 0.25) is 0 Å². The van der Waals surface area contributed by atoms with Gasteiger partial charge in [0.1, 0.15) is 17.2 Å². The van der Waals surface area contributed by atoms with Crippen LogP contribution in [0.4, 0.5) is 0 Å². The van der Waals surface area contributed by atoms with Crippen LogP contribution in [-0.4, -0.2) is 25.1 Å². The molecule has 0 atom stereocenters. The van der Waals surface area contributed by atoms with E-state index in [0.717, 1.165) is 16.9 Å². The largest absolute Gasteiger partial charge is 0.497 e. The summed E-state index contributed by atoms with van der Waals surface area (Å²) in [5, 5.41) is 21.9. The molecule has 0 heterocycles. The van der Waals surface area contributed by atoms with Gasteiger partial charge in [0.05, 0.1) is 26.7 Å². The first-order valence-corrected chi connectivity index (χ1v) is 7.32. The Hall–Kier alpha value is -3.26. The third-order valence-corrected chi connectivity index (χ3v) is 3.52. The zero-order chi connectivity index (χ0) is 17.4. The number of hydrogen-bond acceptors (Lipinski definition) is 5. The van der Waals surface area contributed by atoms with Crippen LogP contribution in [0.15, 0.2) is 59.8 Å². The Balaban J connectivity index is 2.45. The summed E-state index contributed by atoms with van der Waals surface area (Å²) in [6, 6.07) is 16.6. The number of allylic oxidation sites excluding steroid dienone is 2. The van der Waals surface area contributed by atoms with Crippen molar-refractivity contribution in [2.75, 3.05) is 14.2 Å². The molecule has 0 aliphatic rings. The number of ether oxygens (including phenoxy) is 2. The van der Waals surface area contributed by atoms with Gasteiger partial charge in [0.2, 0.25) is 0 Å². The van der Waals surface area contributed by atoms with Crippen molar-refractivity contribution in [1.29, 1.82) is 5.26 Å². The number of nitrogens with zero attached hydrogens (tertiary/aromatic N) is 2. The van der Waals surface area contributed by atoms with E-state index < -0.39 is 0 Å². The van der Waals surface area contributed by atoms with Gasteiger partial charge in [-0.2, -0.15) is 5.26 Å². The van der Waals surface area contributed by atoms with Gasteiger partial charge in [0.25, 0.3) is 0 Å². The molecule has 0 aromatic heterocycles. The molecule has 2 aromatic carbocycles. The van der Waals surface area contributed by atoms with Gasteiger partial charge in [-0.1, -0.05) is 23.4 Å². The van der Waals surface area contributed by atoms with E-state index in [4.69, 9.17) is 14.7 Å². The average Bonchev–Trinajstić information content (AvgIpc) is 2.65.